The van der Waals surface area contributed by atoms with Crippen molar-refractivity contribution in [3.63, 3.8) is 0 Å². The highest BCUT2D eigenvalue weighted by Gasteiger charge is 2.31. The Hall–Kier alpha value is -0.800. The van der Waals surface area contributed by atoms with E-state index in [-0.39, 0.29) is 5.56 Å². The van der Waals surface area contributed by atoms with Gasteiger partial charge in [-0.3, -0.25) is 4.79 Å². The highest BCUT2D eigenvalue weighted by atomic mass is 127. The number of benzene rings is 2. The molecule has 168 valence electrons. The highest BCUT2D eigenvalue weighted by Crippen LogP contribution is 2.32. The monoisotopic (exact) mass is 799 g/mol. The molecule has 0 heterocycles. The van der Waals surface area contributed by atoms with Gasteiger partial charge in [0.15, 0.2) is 11.6 Å². The molecule has 2 aromatic rings. The maximum absolute atomic E-state index is 13.8. The van der Waals surface area contributed by atoms with Crippen molar-refractivity contribution in [1.29, 1.82) is 0 Å². The molecule has 7 nitrogen and oxygen atoms in total. The van der Waals surface area contributed by atoms with Crippen LogP contribution in [0, 0.1) is 34.0 Å². The van der Waals surface area contributed by atoms with Gasteiger partial charge in [-0.25, -0.2) is 22.0 Å². The minimum atomic E-state index is -5.89. The first-order valence-corrected chi connectivity index (χ1v) is 12.2. The zero-order chi connectivity index (χ0) is 23.7. The van der Waals surface area contributed by atoms with E-state index in [2.05, 4.69) is 4.74 Å². The van der Waals surface area contributed by atoms with Gasteiger partial charge in [-0.15, -0.1) is 0 Å². The SMILES string of the molecule is O=C(CCOC(=O)c1cc(I)cc(I)c1I)Oc1c(F)c(F)c(S(=O)(=O)[O-])c(F)c1F. The van der Waals surface area contributed by atoms with Crippen LogP contribution in [-0.4, -0.2) is 31.5 Å². The Morgan fingerprint density at radius 3 is 2.03 bits per heavy atom. The molecule has 31 heavy (non-hydrogen) atoms. The molecular formula is C16H6F4I3O7S-. The number of carbonyl (C=O) groups excluding carboxylic acids is 2. The van der Waals surface area contributed by atoms with Crippen LogP contribution < -0.4 is 4.74 Å². The van der Waals surface area contributed by atoms with E-state index < -0.39 is 69.0 Å². The lowest BCUT2D eigenvalue weighted by atomic mass is 10.2. The van der Waals surface area contributed by atoms with Crippen LogP contribution in [0.15, 0.2) is 17.0 Å². The van der Waals surface area contributed by atoms with Gasteiger partial charge in [0.1, 0.15) is 21.6 Å². The van der Waals surface area contributed by atoms with Crippen molar-refractivity contribution in [3.05, 3.63) is 51.7 Å². The molecular weight excluding hydrogens is 793 g/mol. The number of halogens is 7. The first kappa shape index (κ1) is 26.5. The molecule has 0 atom stereocenters. The maximum Gasteiger partial charge on any atom is 0.339 e. The van der Waals surface area contributed by atoms with Crippen molar-refractivity contribution < 1.29 is 49.6 Å². The van der Waals surface area contributed by atoms with Crippen molar-refractivity contribution in [2.45, 2.75) is 11.3 Å². The van der Waals surface area contributed by atoms with Gasteiger partial charge in [0.25, 0.3) is 0 Å². The molecule has 0 aliphatic heterocycles. The van der Waals surface area contributed by atoms with Gasteiger partial charge in [0.05, 0.1) is 12.0 Å². The summed E-state index contributed by atoms with van der Waals surface area (Å²) in [5, 5.41) is 0. The van der Waals surface area contributed by atoms with Crippen LogP contribution in [0.25, 0.3) is 0 Å². The summed E-state index contributed by atoms with van der Waals surface area (Å²) < 4.78 is 98.5. The third kappa shape index (κ3) is 6.16. The number of ether oxygens (including phenoxy) is 2. The van der Waals surface area contributed by atoms with E-state index in [0.717, 1.165) is 7.14 Å². The Balaban J connectivity index is 2.12. The van der Waals surface area contributed by atoms with E-state index in [1.807, 2.05) is 73.8 Å². The largest absolute Gasteiger partial charge is 0.744 e. The van der Waals surface area contributed by atoms with Crippen LogP contribution in [0.5, 0.6) is 5.75 Å². The topological polar surface area (TPSA) is 110 Å². The van der Waals surface area contributed by atoms with Crippen molar-refractivity contribution in [2.24, 2.45) is 0 Å². The maximum atomic E-state index is 13.8. The molecule has 0 spiro atoms. The van der Waals surface area contributed by atoms with Crippen LogP contribution in [0.2, 0.25) is 0 Å². The summed E-state index contributed by atoms with van der Waals surface area (Å²) in [5.41, 5.74) is 0.209. The van der Waals surface area contributed by atoms with Gasteiger partial charge in [0.2, 0.25) is 17.4 Å². The van der Waals surface area contributed by atoms with Gasteiger partial charge in [0, 0.05) is 10.7 Å². The molecule has 0 amide bonds. The van der Waals surface area contributed by atoms with Crippen LogP contribution in [-0.2, 0) is 19.6 Å². The number of hydrogen-bond donors (Lipinski definition) is 0. The molecule has 0 radical (unpaired) electrons. The van der Waals surface area contributed by atoms with Gasteiger partial charge in [-0.05, 0) is 79.9 Å². The summed E-state index contributed by atoms with van der Waals surface area (Å²) in [6.45, 7) is -0.600. The smallest absolute Gasteiger partial charge is 0.339 e. The van der Waals surface area contributed by atoms with Crippen LogP contribution in [0.4, 0.5) is 17.6 Å². The number of rotatable bonds is 6. The fourth-order valence-corrected chi connectivity index (χ4v) is 5.07. The standard InChI is InChI=1S/C16H7F4I3O7S/c17-9-11(19)15(31(26,27)28)12(20)10(18)14(9)30-8(24)1-2-29-16(25)6-3-5(21)4-7(22)13(6)23/h3-4H,1-2H2,(H,26,27,28)/p-1. The van der Waals surface area contributed by atoms with E-state index in [4.69, 9.17) is 4.74 Å². The Morgan fingerprint density at radius 1 is 0.968 bits per heavy atom. The molecule has 0 saturated carbocycles. The fourth-order valence-electron chi connectivity index (χ4n) is 2.07. The number of esters is 2. The first-order chi connectivity index (χ1) is 14.3. The van der Waals surface area contributed by atoms with Gasteiger partial charge in [-0.1, -0.05) is 0 Å². The third-order valence-corrected chi connectivity index (χ3v) is 7.93. The van der Waals surface area contributed by atoms with E-state index in [1.54, 1.807) is 0 Å². The Kier molecular flexibility index (Phi) is 8.89. The molecule has 0 N–H and O–H groups in total. The summed E-state index contributed by atoms with van der Waals surface area (Å²) in [6.07, 6.45) is -0.757. The molecule has 15 heteroatoms. The molecule has 0 aromatic heterocycles. The molecule has 2 aromatic carbocycles. The molecule has 0 saturated heterocycles. The van der Waals surface area contributed by atoms with E-state index in [0.29, 0.717) is 3.57 Å². The van der Waals surface area contributed by atoms with Crippen molar-refractivity contribution in [1.82, 2.24) is 0 Å². The molecule has 0 fully saturated rings. The number of hydrogen-bond acceptors (Lipinski definition) is 7. The lowest BCUT2D eigenvalue weighted by molar-refractivity contribution is -0.135. The van der Waals surface area contributed by atoms with Gasteiger partial charge >= 0.3 is 11.9 Å². The lowest BCUT2D eigenvalue weighted by Crippen LogP contribution is -2.18. The van der Waals surface area contributed by atoms with Crippen LogP contribution in [0.1, 0.15) is 16.8 Å². The molecule has 0 aliphatic carbocycles. The summed E-state index contributed by atoms with van der Waals surface area (Å²) in [4.78, 5) is 21.5. The Morgan fingerprint density at radius 2 is 1.52 bits per heavy atom. The molecule has 0 aliphatic rings. The molecule has 0 bridgehead atoms. The number of carbonyl (C=O) groups is 2. The predicted molar refractivity (Wildman–Crippen MR) is 119 cm³/mol. The highest BCUT2D eigenvalue weighted by molar-refractivity contribution is 14.1. The second kappa shape index (κ2) is 10.4. The molecule has 2 rings (SSSR count). The minimum Gasteiger partial charge on any atom is -0.744 e. The fraction of sp³-hybridized carbons (Fsp3) is 0.125. The first-order valence-electron chi connectivity index (χ1n) is 7.59. The van der Waals surface area contributed by atoms with Crippen LogP contribution in [0.3, 0.4) is 0 Å². The normalized spacial score (nSPS) is 11.4. The third-order valence-electron chi connectivity index (χ3n) is 3.40. The molecule has 0 unspecified atom stereocenters. The lowest BCUT2D eigenvalue weighted by Gasteiger charge is -2.14. The van der Waals surface area contributed by atoms with Crippen molar-refractivity contribution in [2.75, 3.05) is 6.61 Å². The average Bonchev–Trinajstić information content (AvgIpc) is 2.65. The summed E-state index contributed by atoms with van der Waals surface area (Å²) in [7, 11) is -5.89. The van der Waals surface area contributed by atoms with Crippen molar-refractivity contribution in [3.8, 4) is 5.75 Å². The Bertz CT molecular complexity index is 1160. The van der Waals surface area contributed by atoms with Crippen LogP contribution >= 0.6 is 67.8 Å². The quantitative estimate of drug-likeness (QED) is 0.108. The van der Waals surface area contributed by atoms with E-state index >= 15 is 0 Å². The van der Waals surface area contributed by atoms with Crippen molar-refractivity contribution >= 4 is 89.8 Å². The summed E-state index contributed by atoms with van der Waals surface area (Å²) in [5.74, 6) is -14.0. The summed E-state index contributed by atoms with van der Waals surface area (Å²) in [6, 6.07) is 3.34. The Labute approximate surface area is 213 Å². The second-order valence-electron chi connectivity index (χ2n) is 5.48. The second-order valence-corrected chi connectivity index (χ2v) is 10.3. The predicted octanol–water partition coefficient (Wildman–Crippen LogP) is 4.11. The summed E-state index contributed by atoms with van der Waals surface area (Å²) >= 11 is 5.90. The van der Waals surface area contributed by atoms with E-state index in [1.165, 1.54) is 6.07 Å². The zero-order valence-corrected chi connectivity index (χ0v) is 21.8. The van der Waals surface area contributed by atoms with E-state index in [9.17, 15) is 40.1 Å². The minimum absolute atomic E-state index is 0.209. The van der Waals surface area contributed by atoms with Gasteiger partial charge < -0.3 is 14.0 Å². The zero-order valence-electron chi connectivity index (χ0n) is 14.5. The van der Waals surface area contributed by atoms with Gasteiger partial charge in [-0.2, -0.15) is 8.78 Å². The average molecular weight is 799 g/mol.